The summed E-state index contributed by atoms with van der Waals surface area (Å²) in [5, 5.41) is 29.5. The van der Waals surface area contributed by atoms with E-state index in [0.29, 0.717) is 21.7 Å². The number of aromatic nitrogens is 2. The van der Waals surface area contributed by atoms with Gasteiger partial charge in [-0.2, -0.15) is 5.26 Å². The van der Waals surface area contributed by atoms with Crippen molar-refractivity contribution in [3.05, 3.63) is 70.6 Å². The molecule has 0 aliphatic carbocycles. The summed E-state index contributed by atoms with van der Waals surface area (Å²) in [5.41, 5.74) is 1.41. The van der Waals surface area contributed by atoms with E-state index < -0.39 is 18.6 Å². The predicted octanol–water partition coefficient (Wildman–Crippen LogP) is 2.73. The fraction of sp³-hybridized carbons (Fsp3) is 0.111. The molecule has 0 unspecified atom stereocenters. The lowest BCUT2D eigenvalue weighted by molar-refractivity contribution is 0.0905. The molecule has 2 aromatic carbocycles. The van der Waals surface area contributed by atoms with Crippen LogP contribution in [0.5, 0.6) is 0 Å². The van der Waals surface area contributed by atoms with Gasteiger partial charge in [-0.1, -0.05) is 17.7 Å². The van der Waals surface area contributed by atoms with E-state index in [1.165, 1.54) is 0 Å². The number of amides is 1. The van der Waals surface area contributed by atoms with Crippen LogP contribution >= 0.6 is 11.6 Å². The average Bonchev–Trinajstić information content (AvgIpc) is 3.16. The summed E-state index contributed by atoms with van der Waals surface area (Å²) in [6.07, 6.45) is 0. The number of nitrogens with one attached hydrogen (secondary N) is 1. The number of nitrogens with zero attached hydrogens (tertiary/aromatic N) is 3. The fourth-order valence-electron chi connectivity index (χ4n) is 2.24. The van der Waals surface area contributed by atoms with Gasteiger partial charge in [-0.3, -0.25) is 4.79 Å². The van der Waals surface area contributed by atoms with Crippen LogP contribution in [0.4, 0.5) is 0 Å². The molecule has 0 bridgehead atoms. The number of rotatable bonds is 5. The van der Waals surface area contributed by atoms with E-state index in [1.807, 2.05) is 6.07 Å². The van der Waals surface area contributed by atoms with Crippen LogP contribution in [0.15, 0.2) is 52.9 Å². The average molecular weight is 369 g/mol. The number of nitriles is 1. The van der Waals surface area contributed by atoms with E-state index in [0.717, 1.165) is 0 Å². The Hall–Kier alpha value is -3.21. The van der Waals surface area contributed by atoms with Gasteiger partial charge in [-0.15, -0.1) is 10.2 Å². The molecule has 0 aliphatic heterocycles. The zero-order chi connectivity index (χ0) is 18.5. The molecule has 7 nitrogen and oxygen atoms in total. The Labute approximate surface area is 153 Å². The van der Waals surface area contributed by atoms with E-state index in [2.05, 4.69) is 15.5 Å². The van der Waals surface area contributed by atoms with Crippen LogP contribution in [0.25, 0.3) is 11.5 Å². The molecule has 1 aromatic heterocycles. The first-order valence-corrected chi connectivity index (χ1v) is 7.99. The highest BCUT2D eigenvalue weighted by molar-refractivity contribution is 6.30. The first-order valence-electron chi connectivity index (χ1n) is 7.62. The maximum atomic E-state index is 12.3. The van der Waals surface area contributed by atoms with E-state index in [1.54, 1.807) is 48.5 Å². The molecule has 0 saturated heterocycles. The van der Waals surface area contributed by atoms with Crippen molar-refractivity contribution in [1.29, 1.82) is 5.26 Å². The molecule has 130 valence electrons. The number of aliphatic hydroxyl groups is 1. The molecule has 0 fully saturated rings. The maximum absolute atomic E-state index is 12.3. The summed E-state index contributed by atoms with van der Waals surface area (Å²) in [4.78, 5) is 12.3. The molecule has 3 rings (SSSR count). The Morgan fingerprint density at radius 2 is 2.04 bits per heavy atom. The van der Waals surface area contributed by atoms with Gasteiger partial charge in [-0.05, 0) is 42.5 Å². The minimum atomic E-state index is -0.862. The Morgan fingerprint density at radius 3 is 2.73 bits per heavy atom. The molecule has 3 aromatic rings. The Balaban J connectivity index is 1.78. The summed E-state index contributed by atoms with van der Waals surface area (Å²) >= 11 is 5.80. The van der Waals surface area contributed by atoms with Crippen molar-refractivity contribution >= 4 is 17.5 Å². The second-order valence-electron chi connectivity index (χ2n) is 5.35. The predicted molar refractivity (Wildman–Crippen MR) is 93.2 cm³/mol. The molecule has 0 saturated carbocycles. The molecule has 8 heteroatoms. The van der Waals surface area contributed by atoms with Crippen molar-refractivity contribution in [2.45, 2.75) is 6.04 Å². The second-order valence-corrected chi connectivity index (χ2v) is 5.79. The van der Waals surface area contributed by atoms with Crippen LogP contribution in [0.3, 0.4) is 0 Å². The molecule has 1 amide bonds. The maximum Gasteiger partial charge on any atom is 0.251 e. The SMILES string of the molecule is N#Cc1cccc(-c2nnc([C@@H](CO)NC(=O)c3ccc(Cl)cc3)o2)c1. The highest BCUT2D eigenvalue weighted by Gasteiger charge is 2.21. The van der Waals surface area contributed by atoms with Gasteiger partial charge in [0, 0.05) is 16.1 Å². The Morgan fingerprint density at radius 1 is 1.27 bits per heavy atom. The topological polar surface area (TPSA) is 112 Å². The molecule has 0 radical (unpaired) electrons. The number of hydrogen-bond donors (Lipinski definition) is 2. The second kappa shape index (κ2) is 7.78. The third-order valence-corrected chi connectivity index (χ3v) is 3.82. The van der Waals surface area contributed by atoms with Crippen molar-refractivity contribution in [2.24, 2.45) is 0 Å². The third kappa shape index (κ3) is 3.88. The summed E-state index contributed by atoms with van der Waals surface area (Å²) in [7, 11) is 0. The first kappa shape index (κ1) is 17.6. The van der Waals surface area contributed by atoms with Crippen molar-refractivity contribution in [3.8, 4) is 17.5 Å². The third-order valence-electron chi connectivity index (χ3n) is 3.57. The largest absolute Gasteiger partial charge is 0.418 e. The zero-order valence-electron chi connectivity index (χ0n) is 13.4. The minimum absolute atomic E-state index is 0.0622. The van der Waals surface area contributed by atoms with Gasteiger partial charge < -0.3 is 14.8 Å². The van der Waals surface area contributed by atoms with Gasteiger partial charge >= 0.3 is 0 Å². The Kier molecular flexibility index (Phi) is 5.27. The number of halogens is 1. The van der Waals surface area contributed by atoms with Crippen LogP contribution < -0.4 is 5.32 Å². The molecule has 0 spiro atoms. The molecular weight excluding hydrogens is 356 g/mol. The molecule has 0 aliphatic rings. The van der Waals surface area contributed by atoms with E-state index in [4.69, 9.17) is 21.3 Å². The lowest BCUT2D eigenvalue weighted by Gasteiger charge is -2.12. The standard InChI is InChI=1S/C18H13ClN4O3/c19-14-6-4-12(5-7-14)16(25)21-15(10-24)18-23-22-17(26-18)13-3-1-2-11(8-13)9-20/h1-8,15,24H,10H2,(H,21,25)/t15-/m1/s1. The highest BCUT2D eigenvalue weighted by Crippen LogP contribution is 2.22. The van der Waals surface area contributed by atoms with Gasteiger partial charge in [0.25, 0.3) is 5.91 Å². The minimum Gasteiger partial charge on any atom is -0.418 e. The molecular formula is C18H13ClN4O3. The number of benzene rings is 2. The van der Waals surface area contributed by atoms with Gasteiger partial charge in [-0.25, -0.2) is 0 Å². The summed E-state index contributed by atoms with van der Waals surface area (Å²) in [5.74, 6) is -0.157. The van der Waals surface area contributed by atoms with Crippen molar-refractivity contribution in [1.82, 2.24) is 15.5 Å². The van der Waals surface area contributed by atoms with Gasteiger partial charge in [0.1, 0.15) is 6.04 Å². The summed E-state index contributed by atoms with van der Waals surface area (Å²) in [6.45, 7) is -0.417. The van der Waals surface area contributed by atoms with Crippen LogP contribution in [0.2, 0.25) is 5.02 Å². The Bertz CT molecular complexity index is 963. The lowest BCUT2D eigenvalue weighted by atomic mass is 10.1. The van der Waals surface area contributed by atoms with Crippen LogP contribution in [-0.2, 0) is 0 Å². The number of hydrogen-bond acceptors (Lipinski definition) is 6. The summed E-state index contributed by atoms with van der Waals surface area (Å²) in [6, 6.07) is 14.2. The van der Waals surface area contributed by atoms with Crippen molar-refractivity contribution in [3.63, 3.8) is 0 Å². The fourth-order valence-corrected chi connectivity index (χ4v) is 2.37. The van der Waals surface area contributed by atoms with Crippen molar-refractivity contribution in [2.75, 3.05) is 6.61 Å². The van der Waals surface area contributed by atoms with Gasteiger partial charge in [0.2, 0.25) is 11.8 Å². The van der Waals surface area contributed by atoms with Crippen LogP contribution in [0.1, 0.15) is 27.9 Å². The number of carbonyl (C=O) groups is 1. The molecule has 1 atom stereocenters. The number of carbonyl (C=O) groups excluding carboxylic acids is 1. The molecule has 26 heavy (non-hydrogen) atoms. The first-order chi connectivity index (χ1) is 12.6. The van der Waals surface area contributed by atoms with E-state index >= 15 is 0 Å². The quantitative estimate of drug-likeness (QED) is 0.716. The summed E-state index contributed by atoms with van der Waals surface area (Å²) < 4.78 is 5.55. The smallest absolute Gasteiger partial charge is 0.251 e. The highest BCUT2D eigenvalue weighted by atomic mass is 35.5. The van der Waals surface area contributed by atoms with Crippen LogP contribution in [0, 0.1) is 11.3 Å². The van der Waals surface area contributed by atoms with Gasteiger partial charge in [0.05, 0.1) is 18.2 Å². The molecule has 2 N–H and O–H groups in total. The zero-order valence-corrected chi connectivity index (χ0v) is 14.1. The lowest BCUT2D eigenvalue weighted by Crippen LogP contribution is -2.31. The van der Waals surface area contributed by atoms with E-state index in [9.17, 15) is 9.90 Å². The number of aliphatic hydroxyl groups excluding tert-OH is 1. The monoisotopic (exact) mass is 368 g/mol. The normalized spacial score (nSPS) is 11.6. The van der Waals surface area contributed by atoms with E-state index in [-0.39, 0.29) is 11.8 Å². The molecule has 1 heterocycles. The van der Waals surface area contributed by atoms with Crippen molar-refractivity contribution < 1.29 is 14.3 Å². The van der Waals surface area contributed by atoms with Crippen LogP contribution in [-0.4, -0.2) is 27.8 Å². The van der Waals surface area contributed by atoms with Gasteiger partial charge in [0.15, 0.2) is 0 Å².